The zero-order valence-corrected chi connectivity index (χ0v) is 11.5. The van der Waals surface area contributed by atoms with Gasteiger partial charge in [-0.05, 0) is 29.1 Å². The molecule has 94 valence electrons. The number of rotatable bonds is 4. The largest absolute Gasteiger partial charge is 0.350 e. The molecule has 18 heavy (non-hydrogen) atoms. The maximum absolute atomic E-state index is 11.4. The van der Waals surface area contributed by atoms with Crippen LogP contribution in [0.4, 0.5) is 9.93 Å². The molecule has 1 aromatic heterocycles. The van der Waals surface area contributed by atoms with E-state index >= 15 is 0 Å². The van der Waals surface area contributed by atoms with E-state index < -0.39 is 6.03 Å². The van der Waals surface area contributed by atoms with E-state index in [2.05, 4.69) is 10.2 Å². The fourth-order valence-electron chi connectivity index (χ4n) is 1.21. The SMILES string of the molecule is NC(=O)N(SCc1ccccc1)c1nnc(Cl)s1. The van der Waals surface area contributed by atoms with E-state index in [1.807, 2.05) is 30.3 Å². The summed E-state index contributed by atoms with van der Waals surface area (Å²) in [6.45, 7) is 0. The Hall–Kier alpha value is -1.31. The highest BCUT2D eigenvalue weighted by molar-refractivity contribution is 8.00. The fraction of sp³-hybridized carbons (Fsp3) is 0.100. The molecule has 0 atom stereocenters. The third-order valence-corrected chi connectivity index (χ3v) is 4.16. The van der Waals surface area contributed by atoms with E-state index in [1.165, 1.54) is 16.3 Å². The number of halogens is 1. The second-order valence-electron chi connectivity index (χ2n) is 3.23. The van der Waals surface area contributed by atoms with Gasteiger partial charge in [-0.25, -0.2) is 9.10 Å². The van der Waals surface area contributed by atoms with Gasteiger partial charge in [-0.2, -0.15) is 0 Å². The summed E-state index contributed by atoms with van der Waals surface area (Å²) in [6.07, 6.45) is 0. The van der Waals surface area contributed by atoms with Crippen molar-refractivity contribution in [2.45, 2.75) is 5.75 Å². The van der Waals surface area contributed by atoms with Crippen LogP contribution in [0, 0.1) is 0 Å². The van der Waals surface area contributed by atoms with Crippen LogP contribution in [0.3, 0.4) is 0 Å². The van der Waals surface area contributed by atoms with Crippen LogP contribution in [0.2, 0.25) is 4.47 Å². The molecule has 0 aliphatic carbocycles. The number of nitrogens with zero attached hydrogens (tertiary/aromatic N) is 3. The number of aromatic nitrogens is 2. The Morgan fingerprint density at radius 2 is 2.11 bits per heavy atom. The number of hydrogen-bond acceptors (Lipinski definition) is 5. The third-order valence-electron chi connectivity index (χ3n) is 1.97. The number of primary amides is 1. The average Bonchev–Trinajstić information content (AvgIpc) is 2.77. The minimum absolute atomic E-state index is 0.275. The first-order valence-electron chi connectivity index (χ1n) is 4.92. The highest BCUT2D eigenvalue weighted by Crippen LogP contribution is 2.29. The van der Waals surface area contributed by atoms with Crippen molar-refractivity contribution in [2.24, 2.45) is 5.73 Å². The zero-order chi connectivity index (χ0) is 13.0. The summed E-state index contributed by atoms with van der Waals surface area (Å²) in [5.41, 5.74) is 6.39. The van der Waals surface area contributed by atoms with Crippen LogP contribution in [-0.2, 0) is 5.75 Å². The molecule has 0 bridgehead atoms. The van der Waals surface area contributed by atoms with Crippen molar-refractivity contribution < 1.29 is 4.79 Å². The Balaban J connectivity index is 2.06. The second-order valence-corrected chi connectivity index (χ2v) is 5.68. The highest BCUT2D eigenvalue weighted by atomic mass is 35.5. The topological polar surface area (TPSA) is 72.1 Å². The molecule has 5 nitrogen and oxygen atoms in total. The molecule has 0 fully saturated rings. The maximum atomic E-state index is 11.4. The monoisotopic (exact) mass is 300 g/mol. The number of carbonyl (C=O) groups is 1. The number of hydrogen-bond donors (Lipinski definition) is 1. The van der Waals surface area contributed by atoms with Crippen molar-refractivity contribution in [3.8, 4) is 0 Å². The van der Waals surface area contributed by atoms with Crippen molar-refractivity contribution in [3.05, 3.63) is 40.4 Å². The van der Waals surface area contributed by atoms with Gasteiger partial charge in [-0.1, -0.05) is 41.7 Å². The van der Waals surface area contributed by atoms with Crippen molar-refractivity contribution in [1.82, 2.24) is 10.2 Å². The number of urea groups is 1. The van der Waals surface area contributed by atoms with E-state index in [4.69, 9.17) is 17.3 Å². The summed E-state index contributed by atoms with van der Waals surface area (Å²) in [7, 11) is 0. The lowest BCUT2D eigenvalue weighted by atomic mass is 10.2. The van der Waals surface area contributed by atoms with Crippen LogP contribution >= 0.6 is 34.9 Å². The van der Waals surface area contributed by atoms with Crippen molar-refractivity contribution >= 4 is 46.0 Å². The molecule has 2 aromatic rings. The van der Waals surface area contributed by atoms with Gasteiger partial charge in [0.1, 0.15) is 0 Å². The van der Waals surface area contributed by atoms with Gasteiger partial charge in [0.25, 0.3) is 0 Å². The van der Waals surface area contributed by atoms with E-state index in [0.29, 0.717) is 10.9 Å². The standard InChI is InChI=1S/C10H9ClN4OS2/c11-8-13-14-10(18-8)15(9(12)16)17-6-7-4-2-1-3-5-7/h1-5H,6H2,(H2,12,16). The normalized spacial score (nSPS) is 10.3. The lowest BCUT2D eigenvalue weighted by Crippen LogP contribution is -2.29. The maximum Gasteiger partial charge on any atom is 0.331 e. The van der Waals surface area contributed by atoms with E-state index in [-0.39, 0.29) is 4.47 Å². The van der Waals surface area contributed by atoms with Gasteiger partial charge in [0.15, 0.2) is 0 Å². The number of anilines is 1. The quantitative estimate of drug-likeness (QED) is 0.881. The van der Waals surface area contributed by atoms with Gasteiger partial charge in [-0.3, -0.25) is 0 Å². The number of carbonyl (C=O) groups excluding carboxylic acids is 1. The Kier molecular flexibility index (Phi) is 4.40. The minimum Gasteiger partial charge on any atom is -0.350 e. The van der Waals surface area contributed by atoms with Crippen LogP contribution in [0.25, 0.3) is 0 Å². The lowest BCUT2D eigenvalue weighted by molar-refractivity contribution is 0.257. The van der Waals surface area contributed by atoms with Gasteiger partial charge < -0.3 is 5.73 Å². The molecule has 0 radical (unpaired) electrons. The first-order valence-corrected chi connectivity index (χ1v) is 7.06. The first kappa shape index (κ1) is 13.1. The summed E-state index contributed by atoms with van der Waals surface area (Å²) in [6, 6.07) is 9.16. The fourth-order valence-corrected chi connectivity index (χ4v) is 2.95. The second kappa shape index (κ2) is 6.03. The lowest BCUT2D eigenvalue weighted by Gasteiger charge is -2.14. The van der Waals surface area contributed by atoms with Gasteiger partial charge in [0.05, 0.1) is 0 Å². The van der Waals surface area contributed by atoms with E-state index in [9.17, 15) is 4.79 Å². The molecular formula is C10H9ClN4OS2. The molecule has 1 aromatic carbocycles. The molecule has 0 saturated heterocycles. The molecule has 0 aliphatic rings. The van der Waals surface area contributed by atoms with E-state index in [1.54, 1.807) is 0 Å². The van der Waals surface area contributed by atoms with Gasteiger partial charge in [-0.15, -0.1) is 10.2 Å². The van der Waals surface area contributed by atoms with Crippen molar-refractivity contribution in [3.63, 3.8) is 0 Å². The minimum atomic E-state index is -0.594. The van der Waals surface area contributed by atoms with Gasteiger partial charge in [0.2, 0.25) is 9.60 Å². The Morgan fingerprint density at radius 1 is 1.39 bits per heavy atom. The predicted molar refractivity (Wildman–Crippen MR) is 74.7 cm³/mol. The van der Waals surface area contributed by atoms with Crippen LogP contribution in [-0.4, -0.2) is 16.2 Å². The van der Waals surface area contributed by atoms with Crippen molar-refractivity contribution in [2.75, 3.05) is 4.31 Å². The summed E-state index contributed by atoms with van der Waals surface area (Å²) >= 11 is 8.05. The predicted octanol–water partition coefficient (Wildman–Crippen LogP) is 2.93. The van der Waals surface area contributed by atoms with E-state index in [0.717, 1.165) is 16.9 Å². The molecule has 2 rings (SSSR count). The number of amides is 2. The molecule has 2 amide bonds. The van der Waals surface area contributed by atoms with Crippen LogP contribution < -0.4 is 10.0 Å². The molecule has 8 heteroatoms. The van der Waals surface area contributed by atoms with Gasteiger partial charge in [0, 0.05) is 5.75 Å². The summed E-state index contributed by atoms with van der Waals surface area (Å²) in [5, 5.41) is 7.82. The molecule has 0 unspecified atom stereocenters. The van der Waals surface area contributed by atoms with Crippen LogP contribution in [0.1, 0.15) is 5.56 Å². The Bertz CT molecular complexity index is 534. The summed E-state index contributed by atoms with van der Waals surface area (Å²) in [5.74, 6) is 0.612. The first-order chi connectivity index (χ1) is 8.66. The molecule has 2 N–H and O–H groups in total. The molecule has 0 saturated carbocycles. The average molecular weight is 301 g/mol. The molecule has 0 spiro atoms. The Morgan fingerprint density at radius 3 is 2.67 bits per heavy atom. The van der Waals surface area contributed by atoms with Crippen molar-refractivity contribution in [1.29, 1.82) is 0 Å². The van der Waals surface area contributed by atoms with Crippen LogP contribution in [0.15, 0.2) is 30.3 Å². The van der Waals surface area contributed by atoms with Crippen LogP contribution in [0.5, 0.6) is 0 Å². The number of benzene rings is 1. The molecular weight excluding hydrogens is 292 g/mol. The Labute approximate surface area is 117 Å². The number of nitrogens with two attached hydrogens (primary N) is 1. The van der Waals surface area contributed by atoms with Gasteiger partial charge >= 0.3 is 6.03 Å². The molecule has 0 aliphatic heterocycles. The smallest absolute Gasteiger partial charge is 0.331 e. The summed E-state index contributed by atoms with van der Waals surface area (Å²) in [4.78, 5) is 11.4. The highest BCUT2D eigenvalue weighted by Gasteiger charge is 2.18. The molecule has 1 heterocycles. The zero-order valence-electron chi connectivity index (χ0n) is 9.12. The summed E-state index contributed by atoms with van der Waals surface area (Å²) < 4.78 is 1.56. The third kappa shape index (κ3) is 3.34.